The Morgan fingerprint density at radius 2 is 1.96 bits per heavy atom. The lowest BCUT2D eigenvalue weighted by Gasteiger charge is -2.19. The highest BCUT2D eigenvalue weighted by atomic mass is 16.6. The second-order valence-electron chi connectivity index (χ2n) is 6.27. The predicted molar refractivity (Wildman–Crippen MR) is 87.0 cm³/mol. The molecule has 0 unspecified atom stereocenters. The number of furan rings is 1. The van der Waals surface area contributed by atoms with Crippen LogP contribution in [0.2, 0.25) is 0 Å². The molecule has 0 aliphatic rings. The van der Waals surface area contributed by atoms with Gasteiger partial charge in [-0.1, -0.05) is 0 Å². The summed E-state index contributed by atoms with van der Waals surface area (Å²) >= 11 is 0. The van der Waals surface area contributed by atoms with Crippen molar-refractivity contribution >= 4 is 17.9 Å². The van der Waals surface area contributed by atoms with E-state index < -0.39 is 17.7 Å². The molecular formula is C16H25N3O5. The number of hydrogen-bond acceptors (Lipinski definition) is 5. The van der Waals surface area contributed by atoms with E-state index in [9.17, 15) is 14.4 Å². The number of nitrogens with one attached hydrogen (secondary N) is 3. The van der Waals surface area contributed by atoms with Gasteiger partial charge in [0.05, 0.1) is 12.8 Å². The van der Waals surface area contributed by atoms with Gasteiger partial charge in [-0.25, -0.2) is 4.79 Å². The van der Waals surface area contributed by atoms with Gasteiger partial charge in [-0.05, 0) is 39.8 Å². The number of rotatable bonds is 7. The number of carbonyl (C=O) groups excluding carboxylic acids is 3. The van der Waals surface area contributed by atoms with E-state index in [2.05, 4.69) is 16.0 Å². The van der Waals surface area contributed by atoms with Gasteiger partial charge in [0.2, 0.25) is 11.8 Å². The Morgan fingerprint density at radius 1 is 1.25 bits per heavy atom. The largest absolute Gasteiger partial charge is 0.467 e. The first-order valence-electron chi connectivity index (χ1n) is 7.73. The molecule has 0 fully saturated rings. The third-order valence-electron chi connectivity index (χ3n) is 2.81. The summed E-state index contributed by atoms with van der Waals surface area (Å²) < 4.78 is 10.2. The van der Waals surface area contributed by atoms with Crippen LogP contribution < -0.4 is 16.0 Å². The van der Waals surface area contributed by atoms with Crippen LogP contribution in [-0.4, -0.2) is 36.1 Å². The summed E-state index contributed by atoms with van der Waals surface area (Å²) in [5.41, 5.74) is -0.590. The summed E-state index contributed by atoms with van der Waals surface area (Å²) in [6, 6.07) is 2.78. The predicted octanol–water partition coefficient (Wildman–Crippen LogP) is 1.32. The van der Waals surface area contributed by atoms with Crippen molar-refractivity contribution in [2.75, 3.05) is 6.54 Å². The van der Waals surface area contributed by atoms with Gasteiger partial charge >= 0.3 is 6.09 Å². The number of carbonyl (C=O) groups is 3. The van der Waals surface area contributed by atoms with E-state index in [4.69, 9.17) is 9.15 Å². The van der Waals surface area contributed by atoms with Gasteiger partial charge in [-0.2, -0.15) is 0 Å². The quantitative estimate of drug-likeness (QED) is 0.694. The van der Waals surface area contributed by atoms with Crippen molar-refractivity contribution in [3.63, 3.8) is 0 Å². The van der Waals surface area contributed by atoms with Gasteiger partial charge in [0.15, 0.2) is 0 Å². The zero-order chi connectivity index (χ0) is 18.2. The summed E-state index contributed by atoms with van der Waals surface area (Å²) in [5, 5.41) is 7.69. The molecule has 0 saturated carbocycles. The molecule has 3 amide bonds. The first-order chi connectivity index (χ1) is 11.2. The lowest BCUT2D eigenvalue weighted by molar-refractivity contribution is -0.128. The maximum atomic E-state index is 11.9. The molecule has 3 N–H and O–H groups in total. The molecule has 0 aliphatic carbocycles. The van der Waals surface area contributed by atoms with E-state index in [0.717, 1.165) is 0 Å². The Hall–Kier alpha value is -2.51. The minimum absolute atomic E-state index is 0.0506. The second kappa shape index (κ2) is 8.95. The molecule has 1 rings (SSSR count). The summed E-state index contributed by atoms with van der Waals surface area (Å²) in [5.74, 6) is -0.0324. The topological polar surface area (TPSA) is 110 Å². The normalized spacial score (nSPS) is 12.2. The lowest BCUT2D eigenvalue weighted by atomic mass is 10.2. The Balaban J connectivity index is 2.21. The lowest BCUT2D eigenvalue weighted by Crippen LogP contribution is -2.45. The monoisotopic (exact) mass is 339 g/mol. The molecule has 0 aromatic carbocycles. The van der Waals surface area contributed by atoms with Crippen molar-refractivity contribution in [2.24, 2.45) is 0 Å². The highest BCUT2D eigenvalue weighted by Gasteiger charge is 2.17. The second-order valence-corrected chi connectivity index (χ2v) is 6.27. The first-order valence-corrected chi connectivity index (χ1v) is 7.73. The van der Waals surface area contributed by atoms with Crippen molar-refractivity contribution < 1.29 is 23.5 Å². The third-order valence-corrected chi connectivity index (χ3v) is 2.81. The van der Waals surface area contributed by atoms with Gasteiger partial charge in [0.25, 0.3) is 0 Å². The van der Waals surface area contributed by atoms with Crippen LogP contribution in [0.1, 0.15) is 39.9 Å². The van der Waals surface area contributed by atoms with Crippen LogP contribution in [0.25, 0.3) is 0 Å². The summed E-state index contributed by atoms with van der Waals surface area (Å²) in [6.45, 7) is 7.22. The molecule has 1 atom stereocenters. The average molecular weight is 339 g/mol. The molecule has 8 heteroatoms. The molecule has 0 spiro atoms. The Kier molecular flexibility index (Phi) is 7.29. The maximum Gasteiger partial charge on any atom is 0.407 e. The molecular weight excluding hydrogens is 314 g/mol. The van der Waals surface area contributed by atoms with Crippen molar-refractivity contribution in [1.82, 2.24) is 16.0 Å². The summed E-state index contributed by atoms with van der Waals surface area (Å²) in [7, 11) is 0. The number of alkyl carbamates (subject to hydrolysis) is 1. The zero-order valence-electron chi connectivity index (χ0n) is 14.5. The SMILES string of the molecule is C[C@@H](NC(=O)CCNC(=O)OC(C)(C)C)C(=O)NCc1ccco1. The van der Waals surface area contributed by atoms with Gasteiger partial charge in [-0.15, -0.1) is 0 Å². The fourth-order valence-corrected chi connectivity index (χ4v) is 1.71. The molecule has 0 aliphatic heterocycles. The van der Waals surface area contributed by atoms with Crippen LogP contribution >= 0.6 is 0 Å². The fourth-order valence-electron chi connectivity index (χ4n) is 1.71. The van der Waals surface area contributed by atoms with Gasteiger partial charge in [-0.3, -0.25) is 9.59 Å². The zero-order valence-corrected chi connectivity index (χ0v) is 14.5. The van der Waals surface area contributed by atoms with E-state index in [1.165, 1.54) is 6.26 Å². The van der Waals surface area contributed by atoms with Gasteiger partial charge < -0.3 is 25.1 Å². The van der Waals surface area contributed by atoms with E-state index in [1.807, 2.05) is 0 Å². The molecule has 1 heterocycles. The van der Waals surface area contributed by atoms with Crippen LogP contribution in [0.3, 0.4) is 0 Å². The Morgan fingerprint density at radius 3 is 2.54 bits per heavy atom. The minimum atomic E-state index is -0.686. The standard InChI is InChI=1S/C16H25N3O5/c1-11(14(21)18-10-12-6-5-9-23-12)19-13(20)7-8-17-15(22)24-16(2,3)4/h5-6,9,11H,7-8,10H2,1-4H3,(H,17,22)(H,18,21)(H,19,20)/t11-/m1/s1. The van der Waals surface area contributed by atoms with Crippen molar-refractivity contribution in [2.45, 2.75) is 52.3 Å². The molecule has 0 saturated heterocycles. The van der Waals surface area contributed by atoms with Crippen LogP contribution in [0.15, 0.2) is 22.8 Å². The average Bonchev–Trinajstić information content (AvgIpc) is 2.95. The Labute approximate surface area is 141 Å². The minimum Gasteiger partial charge on any atom is -0.467 e. The van der Waals surface area contributed by atoms with E-state index in [1.54, 1.807) is 39.8 Å². The van der Waals surface area contributed by atoms with Crippen molar-refractivity contribution in [3.8, 4) is 0 Å². The Bertz CT molecular complexity index is 549. The highest BCUT2D eigenvalue weighted by Crippen LogP contribution is 2.06. The van der Waals surface area contributed by atoms with E-state index in [0.29, 0.717) is 5.76 Å². The van der Waals surface area contributed by atoms with Crippen LogP contribution in [-0.2, 0) is 20.9 Å². The summed E-state index contributed by atoms with van der Waals surface area (Å²) in [6.07, 6.45) is 0.985. The molecule has 1 aromatic heterocycles. The van der Waals surface area contributed by atoms with Crippen LogP contribution in [0, 0.1) is 0 Å². The fraction of sp³-hybridized carbons (Fsp3) is 0.562. The van der Waals surface area contributed by atoms with Crippen molar-refractivity contribution in [1.29, 1.82) is 0 Å². The number of ether oxygens (including phenoxy) is 1. The third kappa shape index (κ3) is 8.21. The smallest absolute Gasteiger partial charge is 0.407 e. The maximum absolute atomic E-state index is 11.9. The van der Waals surface area contributed by atoms with E-state index in [-0.39, 0.29) is 31.3 Å². The summed E-state index contributed by atoms with van der Waals surface area (Å²) in [4.78, 5) is 35.0. The van der Waals surface area contributed by atoms with Crippen LogP contribution in [0.5, 0.6) is 0 Å². The molecule has 24 heavy (non-hydrogen) atoms. The molecule has 0 radical (unpaired) electrons. The van der Waals surface area contributed by atoms with E-state index >= 15 is 0 Å². The van der Waals surface area contributed by atoms with Crippen molar-refractivity contribution in [3.05, 3.63) is 24.2 Å². The molecule has 1 aromatic rings. The van der Waals surface area contributed by atoms with Gasteiger partial charge in [0, 0.05) is 13.0 Å². The first kappa shape index (κ1) is 19.5. The molecule has 8 nitrogen and oxygen atoms in total. The van der Waals surface area contributed by atoms with Gasteiger partial charge in [0.1, 0.15) is 17.4 Å². The number of hydrogen-bond donors (Lipinski definition) is 3. The molecule has 0 bridgehead atoms. The molecule has 134 valence electrons. The van der Waals surface area contributed by atoms with Crippen LogP contribution in [0.4, 0.5) is 4.79 Å². The number of amides is 3. The highest BCUT2D eigenvalue weighted by molar-refractivity contribution is 5.87.